The van der Waals surface area contributed by atoms with Gasteiger partial charge in [-0.15, -0.1) is 0 Å². The number of likely N-dealkylation sites (N-methyl/N-ethyl adjacent to an activating group) is 1. The maximum absolute atomic E-state index is 3.84. The fraction of sp³-hybridized carbons (Fsp3) is 1.00. The van der Waals surface area contributed by atoms with Crippen LogP contribution >= 0.6 is 0 Å². The van der Waals surface area contributed by atoms with Gasteiger partial charge in [0.05, 0.1) is 0 Å². The third-order valence-corrected chi connectivity index (χ3v) is 3.80. The maximum Gasteiger partial charge on any atom is 0.0209 e. The molecule has 1 aliphatic heterocycles. The molecule has 1 heterocycles. The average Bonchev–Trinajstić information content (AvgIpc) is 2.51. The van der Waals surface area contributed by atoms with Crippen LogP contribution in [0.1, 0.15) is 39.0 Å². The Labute approximate surface area is 88.1 Å². The molecule has 0 amide bonds. The number of hydrogen-bond acceptors (Lipinski definition) is 2. The third kappa shape index (κ3) is 2.71. The van der Waals surface area contributed by atoms with Gasteiger partial charge in [-0.3, -0.25) is 0 Å². The van der Waals surface area contributed by atoms with E-state index in [9.17, 15) is 0 Å². The highest BCUT2D eigenvalue weighted by molar-refractivity contribution is 4.84. The zero-order chi connectivity index (χ0) is 9.97. The first kappa shape index (κ1) is 10.4. The summed E-state index contributed by atoms with van der Waals surface area (Å²) in [5.41, 5.74) is 0. The van der Waals surface area contributed by atoms with Crippen LogP contribution < -0.4 is 5.32 Å². The lowest BCUT2D eigenvalue weighted by Gasteiger charge is -2.30. The van der Waals surface area contributed by atoms with E-state index in [1.54, 1.807) is 0 Å². The van der Waals surface area contributed by atoms with E-state index in [4.69, 9.17) is 0 Å². The number of nitrogens with zero attached hydrogens (tertiary/aromatic N) is 1. The maximum atomic E-state index is 3.84. The molecular formula is C12H24N2. The lowest BCUT2D eigenvalue weighted by atomic mass is 9.87. The predicted octanol–water partition coefficient (Wildman–Crippen LogP) is 1.86. The highest BCUT2D eigenvalue weighted by atomic mass is 15.2. The molecule has 0 aromatic rings. The van der Waals surface area contributed by atoms with Crippen molar-refractivity contribution in [2.75, 3.05) is 20.1 Å². The van der Waals surface area contributed by atoms with Gasteiger partial charge in [-0.25, -0.2) is 0 Å². The first-order chi connectivity index (χ1) is 6.74. The van der Waals surface area contributed by atoms with Gasteiger partial charge in [0.25, 0.3) is 0 Å². The second-order valence-corrected chi connectivity index (χ2v) is 5.38. The van der Waals surface area contributed by atoms with E-state index in [-0.39, 0.29) is 0 Å². The van der Waals surface area contributed by atoms with Gasteiger partial charge < -0.3 is 10.2 Å². The molecule has 14 heavy (non-hydrogen) atoms. The first-order valence-electron chi connectivity index (χ1n) is 6.18. The van der Waals surface area contributed by atoms with Crippen LogP contribution in [0.2, 0.25) is 0 Å². The average molecular weight is 196 g/mol. The number of rotatable bonds is 2. The first-order valence-corrected chi connectivity index (χ1v) is 6.18. The van der Waals surface area contributed by atoms with Crippen molar-refractivity contribution < 1.29 is 0 Å². The summed E-state index contributed by atoms with van der Waals surface area (Å²) in [6.07, 6.45) is 7.04. The van der Waals surface area contributed by atoms with Gasteiger partial charge in [-0.1, -0.05) is 19.8 Å². The molecule has 0 aromatic heterocycles. The van der Waals surface area contributed by atoms with E-state index in [1.807, 2.05) is 0 Å². The second kappa shape index (κ2) is 4.63. The van der Waals surface area contributed by atoms with Crippen LogP contribution in [0.3, 0.4) is 0 Å². The summed E-state index contributed by atoms with van der Waals surface area (Å²) in [5, 5.41) is 3.84. The van der Waals surface area contributed by atoms with Crippen molar-refractivity contribution in [1.82, 2.24) is 10.2 Å². The Morgan fingerprint density at radius 3 is 2.64 bits per heavy atom. The molecule has 1 saturated carbocycles. The standard InChI is InChI=1S/C12H24N2/c1-10-4-3-5-11(8-10)13-12-6-7-14(2)9-12/h10-13H,3-9H2,1-2H3/t10-,11+,12+/m0/s1. The molecule has 0 unspecified atom stereocenters. The molecule has 0 spiro atoms. The van der Waals surface area contributed by atoms with Gasteiger partial charge in [0.1, 0.15) is 0 Å². The highest BCUT2D eigenvalue weighted by Gasteiger charge is 2.24. The van der Waals surface area contributed by atoms with Crippen LogP contribution in [0, 0.1) is 5.92 Å². The minimum atomic E-state index is 0.773. The van der Waals surface area contributed by atoms with Crippen molar-refractivity contribution >= 4 is 0 Å². The molecule has 0 bridgehead atoms. The van der Waals surface area contributed by atoms with Gasteiger partial charge >= 0.3 is 0 Å². The molecule has 0 radical (unpaired) electrons. The largest absolute Gasteiger partial charge is 0.310 e. The lowest BCUT2D eigenvalue weighted by Crippen LogP contribution is -2.41. The van der Waals surface area contributed by atoms with Gasteiger partial charge in [0.15, 0.2) is 0 Å². The van der Waals surface area contributed by atoms with E-state index in [0.29, 0.717) is 0 Å². The Hall–Kier alpha value is -0.0800. The van der Waals surface area contributed by atoms with Crippen molar-refractivity contribution in [3.8, 4) is 0 Å². The van der Waals surface area contributed by atoms with Gasteiger partial charge in [0.2, 0.25) is 0 Å². The zero-order valence-corrected chi connectivity index (χ0v) is 9.63. The molecule has 3 atom stereocenters. The SMILES string of the molecule is C[C@H]1CCC[C@@H](N[C@@H]2CCN(C)C2)C1. The summed E-state index contributed by atoms with van der Waals surface area (Å²) in [5.74, 6) is 0.945. The summed E-state index contributed by atoms with van der Waals surface area (Å²) >= 11 is 0. The quantitative estimate of drug-likeness (QED) is 0.725. The van der Waals surface area contributed by atoms with Crippen molar-refractivity contribution in [2.45, 2.75) is 51.1 Å². The fourth-order valence-corrected chi connectivity index (χ4v) is 2.99. The molecule has 1 saturated heterocycles. The molecule has 2 rings (SSSR count). The van der Waals surface area contributed by atoms with Crippen molar-refractivity contribution in [3.63, 3.8) is 0 Å². The van der Waals surface area contributed by atoms with E-state index in [1.165, 1.54) is 45.2 Å². The van der Waals surface area contributed by atoms with Crippen LogP contribution in [0.25, 0.3) is 0 Å². The van der Waals surface area contributed by atoms with Crippen LogP contribution in [0.4, 0.5) is 0 Å². The topological polar surface area (TPSA) is 15.3 Å². The fourth-order valence-electron chi connectivity index (χ4n) is 2.99. The Morgan fingerprint density at radius 2 is 2.00 bits per heavy atom. The van der Waals surface area contributed by atoms with Gasteiger partial charge in [-0.2, -0.15) is 0 Å². The van der Waals surface area contributed by atoms with E-state index >= 15 is 0 Å². The van der Waals surface area contributed by atoms with E-state index < -0.39 is 0 Å². The minimum absolute atomic E-state index is 0.773. The number of nitrogens with one attached hydrogen (secondary N) is 1. The molecule has 2 aliphatic rings. The number of likely N-dealkylation sites (tertiary alicyclic amines) is 1. The van der Waals surface area contributed by atoms with Crippen molar-refractivity contribution in [3.05, 3.63) is 0 Å². The predicted molar refractivity (Wildman–Crippen MR) is 60.5 cm³/mol. The number of hydrogen-bond donors (Lipinski definition) is 1. The Balaban J connectivity index is 1.74. The summed E-state index contributed by atoms with van der Waals surface area (Å²) in [6, 6.07) is 1.59. The van der Waals surface area contributed by atoms with E-state index in [2.05, 4.69) is 24.2 Å². The van der Waals surface area contributed by atoms with Crippen molar-refractivity contribution in [1.29, 1.82) is 0 Å². The van der Waals surface area contributed by atoms with Crippen LogP contribution in [-0.2, 0) is 0 Å². The summed E-state index contributed by atoms with van der Waals surface area (Å²) in [6.45, 7) is 4.93. The molecule has 1 N–H and O–H groups in total. The molecule has 82 valence electrons. The molecule has 2 nitrogen and oxygen atoms in total. The molecule has 0 aromatic carbocycles. The summed E-state index contributed by atoms with van der Waals surface area (Å²) < 4.78 is 0. The molecular weight excluding hydrogens is 172 g/mol. The minimum Gasteiger partial charge on any atom is -0.310 e. The van der Waals surface area contributed by atoms with Gasteiger partial charge in [0, 0.05) is 18.6 Å². The molecule has 2 fully saturated rings. The normalized spacial score (nSPS) is 40.3. The van der Waals surface area contributed by atoms with E-state index in [0.717, 1.165) is 18.0 Å². The molecule has 2 heteroatoms. The smallest absolute Gasteiger partial charge is 0.0209 e. The van der Waals surface area contributed by atoms with Crippen LogP contribution in [0.15, 0.2) is 0 Å². The third-order valence-electron chi connectivity index (χ3n) is 3.80. The lowest BCUT2D eigenvalue weighted by molar-refractivity contribution is 0.278. The van der Waals surface area contributed by atoms with Crippen molar-refractivity contribution in [2.24, 2.45) is 5.92 Å². The zero-order valence-electron chi connectivity index (χ0n) is 9.63. The molecule has 1 aliphatic carbocycles. The second-order valence-electron chi connectivity index (χ2n) is 5.38. The monoisotopic (exact) mass is 196 g/mol. The summed E-state index contributed by atoms with van der Waals surface area (Å²) in [7, 11) is 2.23. The summed E-state index contributed by atoms with van der Waals surface area (Å²) in [4.78, 5) is 2.43. The Kier molecular flexibility index (Phi) is 3.45. The van der Waals surface area contributed by atoms with Crippen LogP contribution in [0.5, 0.6) is 0 Å². The highest BCUT2D eigenvalue weighted by Crippen LogP contribution is 2.24. The van der Waals surface area contributed by atoms with Crippen LogP contribution in [-0.4, -0.2) is 37.1 Å². The Bertz CT molecular complexity index is 181. The van der Waals surface area contributed by atoms with Gasteiger partial charge in [-0.05, 0) is 38.8 Å². The Morgan fingerprint density at radius 1 is 1.14 bits per heavy atom.